The molecular formula is C15H20N2O2. The van der Waals surface area contributed by atoms with Gasteiger partial charge in [0.05, 0.1) is 18.3 Å². The summed E-state index contributed by atoms with van der Waals surface area (Å²) in [6.45, 7) is 7.01. The van der Waals surface area contributed by atoms with Crippen molar-refractivity contribution >= 4 is 0 Å². The third-order valence-corrected chi connectivity index (χ3v) is 3.87. The Morgan fingerprint density at radius 1 is 1.53 bits per heavy atom. The van der Waals surface area contributed by atoms with Gasteiger partial charge in [0.2, 0.25) is 0 Å². The van der Waals surface area contributed by atoms with Crippen molar-refractivity contribution in [1.82, 2.24) is 9.72 Å². The molecule has 4 heteroatoms. The number of aliphatic hydroxyl groups excluding tert-OH is 1. The van der Waals surface area contributed by atoms with Gasteiger partial charge in [-0.25, -0.2) is 0 Å². The minimum atomic E-state index is -0.350. The van der Waals surface area contributed by atoms with E-state index >= 15 is 0 Å². The van der Waals surface area contributed by atoms with Crippen LogP contribution in [0.3, 0.4) is 0 Å². The molecule has 0 saturated carbocycles. The molecular weight excluding hydrogens is 240 g/mol. The maximum Gasteiger partial charge on any atom is 0.156 e. The fraction of sp³-hybridized carbons (Fsp3) is 0.533. The number of hydrogen-bond acceptors (Lipinski definition) is 3. The molecule has 102 valence electrons. The third kappa shape index (κ3) is 2.32. The van der Waals surface area contributed by atoms with Crippen LogP contribution in [0.25, 0.3) is 0 Å². The summed E-state index contributed by atoms with van der Waals surface area (Å²) in [7, 11) is 0. The van der Waals surface area contributed by atoms with Crippen molar-refractivity contribution in [2.45, 2.75) is 46.3 Å². The summed E-state index contributed by atoms with van der Waals surface area (Å²) in [4.78, 5) is 0. The number of rotatable bonds is 2. The van der Waals surface area contributed by atoms with Crippen LogP contribution in [0.4, 0.5) is 0 Å². The average molecular weight is 260 g/mol. The van der Waals surface area contributed by atoms with E-state index in [-0.39, 0.29) is 11.5 Å². The van der Waals surface area contributed by atoms with Gasteiger partial charge in [-0.1, -0.05) is 19.0 Å². The van der Waals surface area contributed by atoms with E-state index in [1.165, 1.54) is 5.69 Å². The van der Waals surface area contributed by atoms with Gasteiger partial charge >= 0.3 is 0 Å². The van der Waals surface area contributed by atoms with Crippen LogP contribution in [0.1, 0.15) is 49.1 Å². The van der Waals surface area contributed by atoms with Crippen LogP contribution in [0, 0.1) is 12.3 Å². The number of aryl methyl sites for hydroxylation is 1. The van der Waals surface area contributed by atoms with E-state index in [4.69, 9.17) is 4.52 Å². The molecule has 1 atom stereocenters. The van der Waals surface area contributed by atoms with Gasteiger partial charge in [0.25, 0.3) is 0 Å². The molecule has 1 unspecified atom stereocenters. The van der Waals surface area contributed by atoms with E-state index in [1.54, 1.807) is 0 Å². The maximum absolute atomic E-state index is 10.2. The Hall–Kier alpha value is -1.55. The quantitative estimate of drug-likeness (QED) is 0.903. The minimum Gasteiger partial charge on any atom is -0.388 e. The molecule has 0 aliphatic heterocycles. The summed E-state index contributed by atoms with van der Waals surface area (Å²) >= 11 is 0. The van der Waals surface area contributed by atoms with Gasteiger partial charge in [0, 0.05) is 23.5 Å². The number of fused-ring (bicyclic) bond motifs is 1. The molecule has 4 nitrogen and oxygen atoms in total. The Morgan fingerprint density at radius 3 is 3.00 bits per heavy atom. The topological polar surface area (TPSA) is 51.2 Å². The molecule has 0 amide bonds. The van der Waals surface area contributed by atoms with Gasteiger partial charge in [0.1, 0.15) is 0 Å². The normalized spacial score (nSPS) is 21.4. The van der Waals surface area contributed by atoms with Crippen LogP contribution >= 0.6 is 0 Å². The first-order valence-electron chi connectivity index (χ1n) is 6.73. The predicted octanol–water partition coefficient (Wildman–Crippen LogP) is 2.84. The monoisotopic (exact) mass is 260 g/mol. The summed E-state index contributed by atoms with van der Waals surface area (Å²) in [5.74, 6) is 0.855. The highest BCUT2D eigenvalue weighted by atomic mass is 16.5. The lowest BCUT2D eigenvalue weighted by Gasteiger charge is -2.33. The molecule has 2 aromatic rings. The molecule has 0 saturated heterocycles. The van der Waals surface area contributed by atoms with Gasteiger partial charge < -0.3 is 14.2 Å². The molecule has 0 spiro atoms. The maximum atomic E-state index is 10.2. The first-order chi connectivity index (χ1) is 8.94. The fourth-order valence-electron chi connectivity index (χ4n) is 2.99. The van der Waals surface area contributed by atoms with Crippen molar-refractivity contribution < 1.29 is 9.63 Å². The second-order valence-electron chi connectivity index (χ2n) is 6.34. The molecule has 0 radical (unpaired) electrons. The van der Waals surface area contributed by atoms with Gasteiger partial charge in [0.15, 0.2) is 5.76 Å². The van der Waals surface area contributed by atoms with E-state index < -0.39 is 0 Å². The highest BCUT2D eigenvalue weighted by Gasteiger charge is 2.33. The Bertz CT molecular complexity index is 595. The summed E-state index contributed by atoms with van der Waals surface area (Å²) in [6, 6.07) is 3.98. The van der Waals surface area contributed by atoms with Crippen LogP contribution in [0.5, 0.6) is 0 Å². The molecule has 1 N–H and O–H groups in total. The second kappa shape index (κ2) is 4.23. The summed E-state index contributed by atoms with van der Waals surface area (Å²) < 4.78 is 7.44. The molecule has 1 aliphatic rings. The predicted molar refractivity (Wildman–Crippen MR) is 71.8 cm³/mol. The smallest absolute Gasteiger partial charge is 0.156 e. The van der Waals surface area contributed by atoms with Crippen LogP contribution in [-0.2, 0) is 13.0 Å². The lowest BCUT2D eigenvalue weighted by atomic mass is 9.75. The molecule has 0 aromatic carbocycles. The Labute approximate surface area is 113 Å². The van der Waals surface area contributed by atoms with E-state index in [0.717, 1.165) is 29.9 Å². The van der Waals surface area contributed by atoms with Crippen LogP contribution in [0.15, 0.2) is 22.9 Å². The third-order valence-electron chi connectivity index (χ3n) is 3.87. The Morgan fingerprint density at radius 2 is 2.32 bits per heavy atom. The van der Waals surface area contributed by atoms with Crippen molar-refractivity contribution in [1.29, 1.82) is 0 Å². The highest BCUT2D eigenvalue weighted by molar-refractivity contribution is 5.29. The molecule has 2 aromatic heterocycles. The minimum absolute atomic E-state index is 0.139. The highest BCUT2D eigenvalue weighted by Crippen LogP contribution is 2.41. The molecule has 0 bridgehead atoms. The van der Waals surface area contributed by atoms with E-state index in [9.17, 15) is 5.11 Å². The van der Waals surface area contributed by atoms with Crippen molar-refractivity contribution in [2.75, 3.05) is 0 Å². The standard InChI is InChI=1S/C15H20N2O2/c1-10-6-11(19-16-10)9-17-5-4-12-13(17)7-15(2,3)8-14(12)18/h4-6,14,18H,7-9H2,1-3H3. The Kier molecular flexibility index (Phi) is 2.78. The fourth-order valence-corrected chi connectivity index (χ4v) is 2.99. The number of hydrogen-bond donors (Lipinski definition) is 1. The zero-order valence-corrected chi connectivity index (χ0v) is 11.7. The van der Waals surface area contributed by atoms with Crippen molar-refractivity contribution in [3.8, 4) is 0 Å². The molecule has 3 rings (SSSR count). The molecule has 2 heterocycles. The van der Waals surface area contributed by atoms with Gasteiger partial charge in [-0.15, -0.1) is 0 Å². The SMILES string of the molecule is Cc1cc(Cn2ccc3c2CC(C)(C)CC3O)on1. The Balaban J connectivity index is 1.92. The van der Waals surface area contributed by atoms with Gasteiger partial charge in [-0.05, 0) is 31.2 Å². The summed E-state index contributed by atoms with van der Waals surface area (Å²) in [6.07, 6.45) is 3.49. The molecule has 19 heavy (non-hydrogen) atoms. The van der Waals surface area contributed by atoms with Crippen LogP contribution < -0.4 is 0 Å². The van der Waals surface area contributed by atoms with Crippen molar-refractivity contribution in [3.05, 3.63) is 41.0 Å². The lowest BCUT2D eigenvalue weighted by Crippen LogP contribution is -2.26. The number of aromatic nitrogens is 2. The summed E-state index contributed by atoms with van der Waals surface area (Å²) in [5.41, 5.74) is 3.32. The lowest BCUT2D eigenvalue weighted by molar-refractivity contribution is 0.0980. The molecule has 0 fully saturated rings. The first kappa shape index (κ1) is 12.5. The first-order valence-corrected chi connectivity index (χ1v) is 6.73. The van der Waals surface area contributed by atoms with Crippen molar-refractivity contribution in [2.24, 2.45) is 5.41 Å². The zero-order chi connectivity index (χ0) is 13.6. The second-order valence-corrected chi connectivity index (χ2v) is 6.34. The summed E-state index contributed by atoms with van der Waals surface area (Å²) in [5, 5.41) is 14.1. The molecule has 1 aliphatic carbocycles. The van der Waals surface area contributed by atoms with E-state index in [1.807, 2.05) is 25.3 Å². The number of nitrogens with zero attached hydrogens (tertiary/aromatic N) is 2. The van der Waals surface area contributed by atoms with Crippen LogP contribution in [0.2, 0.25) is 0 Å². The van der Waals surface area contributed by atoms with Gasteiger partial charge in [-0.2, -0.15) is 0 Å². The van der Waals surface area contributed by atoms with Crippen LogP contribution in [-0.4, -0.2) is 14.8 Å². The zero-order valence-electron chi connectivity index (χ0n) is 11.7. The number of aliphatic hydroxyl groups is 1. The van der Waals surface area contributed by atoms with Crippen molar-refractivity contribution in [3.63, 3.8) is 0 Å². The van der Waals surface area contributed by atoms with Gasteiger partial charge in [-0.3, -0.25) is 0 Å². The van der Waals surface area contributed by atoms with E-state index in [2.05, 4.69) is 23.6 Å². The van der Waals surface area contributed by atoms with E-state index in [0.29, 0.717) is 6.54 Å². The largest absolute Gasteiger partial charge is 0.388 e. The average Bonchev–Trinajstić information content (AvgIpc) is 2.86.